The van der Waals surface area contributed by atoms with E-state index in [2.05, 4.69) is 21.7 Å². The maximum atomic E-state index is 11.6. The molecule has 0 aliphatic rings. The molecule has 0 bridgehead atoms. The lowest BCUT2D eigenvalue weighted by molar-refractivity contribution is -0.143. The Hall–Kier alpha value is -0.730. The molecule has 0 aliphatic carbocycles. The first-order valence-corrected chi connectivity index (χ1v) is 7.10. The van der Waals surface area contributed by atoms with E-state index in [0.717, 1.165) is 0 Å². The third-order valence-corrected chi connectivity index (χ3v) is 3.51. The van der Waals surface area contributed by atoms with E-state index in [1.165, 1.54) is 7.11 Å². The van der Waals surface area contributed by atoms with E-state index in [4.69, 9.17) is 5.73 Å². The molecule has 0 spiro atoms. The number of hydrogen-bond acceptors (Lipinski definition) is 5. The molecule has 100 valence electrons. The quantitative estimate of drug-likeness (QED) is 0.495. The van der Waals surface area contributed by atoms with Crippen LogP contribution in [0.25, 0.3) is 0 Å². The molecule has 17 heavy (non-hydrogen) atoms. The molecule has 0 aromatic rings. The summed E-state index contributed by atoms with van der Waals surface area (Å²) in [6, 6.07) is -0.903. The maximum Gasteiger partial charge on any atom is 0.323 e. The van der Waals surface area contributed by atoms with Crippen molar-refractivity contribution in [2.75, 3.05) is 12.9 Å². The lowest BCUT2D eigenvalue weighted by Gasteiger charge is -2.18. The molecule has 1 atom stereocenters. The predicted molar refractivity (Wildman–Crippen MR) is 69.0 cm³/mol. The van der Waals surface area contributed by atoms with Gasteiger partial charge in [0.2, 0.25) is 10.0 Å². The molecular weight excluding hydrogens is 264 g/mol. The topological polar surface area (TPSA) is 98.5 Å². The van der Waals surface area contributed by atoms with Gasteiger partial charge in [-0.25, -0.2) is 13.1 Å². The van der Waals surface area contributed by atoms with Gasteiger partial charge in [-0.15, -0.1) is 0 Å². The van der Waals surface area contributed by atoms with Crippen LogP contribution in [0.4, 0.5) is 0 Å². The van der Waals surface area contributed by atoms with Crippen LogP contribution in [-0.2, 0) is 19.6 Å². The molecule has 1 unspecified atom stereocenters. The Balaban J connectivity index is 4.74. The highest BCUT2D eigenvalue weighted by atomic mass is 32.2. The minimum absolute atomic E-state index is 0.145. The summed E-state index contributed by atoms with van der Waals surface area (Å²) in [5.41, 5.74) is 5.16. The van der Waals surface area contributed by atoms with Crippen LogP contribution >= 0.6 is 12.2 Å². The summed E-state index contributed by atoms with van der Waals surface area (Å²) < 4.78 is 29.9. The van der Waals surface area contributed by atoms with Crippen LogP contribution in [0.2, 0.25) is 0 Å². The molecule has 6 nitrogen and oxygen atoms in total. The standard InChI is InChI=1S/C9H18N2O4S2/c1-6(2)4-7(9(12)15-3)11-17(13,14)5-8(10)16/h6-7,11H,4-5H2,1-3H3,(H2,10,16). The van der Waals surface area contributed by atoms with Gasteiger partial charge < -0.3 is 10.5 Å². The molecule has 0 fully saturated rings. The Bertz CT molecular complexity index is 378. The second kappa shape index (κ2) is 6.87. The predicted octanol–water partition coefficient (Wildman–Crippen LogP) is -0.220. The third kappa shape index (κ3) is 7.24. The van der Waals surface area contributed by atoms with Crippen LogP contribution < -0.4 is 10.5 Å². The van der Waals surface area contributed by atoms with Crippen LogP contribution in [-0.4, -0.2) is 38.3 Å². The first-order valence-electron chi connectivity index (χ1n) is 5.04. The summed E-state index contributed by atoms with van der Waals surface area (Å²) in [6.07, 6.45) is 0.350. The highest BCUT2D eigenvalue weighted by Crippen LogP contribution is 2.07. The number of esters is 1. The fourth-order valence-electron chi connectivity index (χ4n) is 1.25. The number of nitrogens with one attached hydrogen (secondary N) is 1. The molecule has 0 aliphatic heterocycles. The second-order valence-electron chi connectivity index (χ2n) is 4.05. The molecule has 0 saturated carbocycles. The van der Waals surface area contributed by atoms with Gasteiger partial charge in [0.25, 0.3) is 0 Å². The fourth-order valence-corrected chi connectivity index (χ4v) is 2.80. The maximum absolute atomic E-state index is 11.6. The zero-order valence-electron chi connectivity index (χ0n) is 10.1. The largest absolute Gasteiger partial charge is 0.468 e. The molecule has 0 heterocycles. The van der Waals surface area contributed by atoms with Crippen molar-refractivity contribution in [3.05, 3.63) is 0 Å². The Kier molecular flexibility index (Phi) is 6.58. The van der Waals surface area contributed by atoms with Gasteiger partial charge in [-0.2, -0.15) is 0 Å². The normalized spacial score (nSPS) is 13.4. The molecule has 0 rings (SSSR count). The molecule has 0 amide bonds. The number of thiocarbonyl (C=S) groups is 1. The first-order chi connectivity index (χ1) is 7.68. The van der Waals surface area contributed by atoms with Crippen molar-refractivity contribution in [3.8, 4) is 0 Å². The Labute approximate surface area is 107 Å². The van der Waals surface area contributed by atoms with E-state index in [0.29, 0.717) is 6.42 Å². The number of ether oxygens (including phenoxy) is 1. The van der Waals surface area contributed by atoms with Crippen LogP contribution in [0.15, 0.2) is 0 Å². The van der Waals surface area contributed by atoms with Crippen molar-refractivity contribution >= 4 is 33.2 Å². The van der Waals surface area contributed by atoms with Crippen molar-refractivity contribution in [1.82, 2.24) is 4.72 Å². The first kappa shape index (κ1) is 16.3. The average Bonchev–Trinajstić information content (AvgIpc) is 2.12. The number of nitrogens with two attached hydrogens (primary N) is 1. The lowest BCUT2D eigenvalue weighted by atomic mass is 10.1. The molecule has 8 heteroatoms. The van der Waals surface area contributed by atoms with Gasteiger partial charge in [0.1, 0.15) is 11.8 Å². The molecule has 0 aromatic carbocycles. The molecule has 3 N–H and O–H groups in total. The van der Waals surface area contributed by atoms with Gasteiger partial charge in [0.05, 0.1) is 12.1 Å². The Morgan fingerprint density at radius 1 is 1.47 bits per heavy atom. The number of carbonyl (C=O) groups is 1. The van der Waals surface area contributed by atoms with Crippen molar-refractivity contribution < 1.29 is 17.9 Å². The van der Waals surface area contributed by atoms with Crippen molar-refractivity contribution in [1.29, 1.82) is 0 Å². The van der Waals surface area contributed by atoms with Crippen LogP contribution in [0.1, 0.15) is 20.3 Å². The molecule has 0 aromatic heterocycles. The minimum atomic E-state index is -3.70. The number of hydrogen-bond donors (Lipinski definition) is 2. The summed E-state index contributed by atoms with van der Waals surface area (Å²) in [5, 5.41) is 0. The zero-order valence-corrected chi connectivity index (χ0v) is 11.7. The van der Waals surface area contributed by atoms with Gasteiger partial charge in [-0.1, -0.05) is 26.1 Å². The van der Waals surface area contributed by atoms with Gasteiger partial charge in [0.15, 0.2) is 0 Å². The molecule has 0 radical (unpaired) electrons. The van der Waals surface area contributed by atoms with E-state index >= 15 is 0 Å². The van der Waals surface area contributed by atoms with Crippen LogP contribution in [0, 0.1) is 5.92 Å². The lowest BCUT2D eigenvalue weighted by Crippen LogP contribution is -2.44. The number of methoxy groups -OCH3 is 1. The third-order valence-electron chi connectivity index (χ3n) is 1.85. The second-order valence-corrected chi connectivity index (χ2v) is 6.33. The van der Waals surface area contributed by atoms with Crippen LogP contribution in [0.3, 0.4) is 0 Å². The zero-order chi connectivity index (χ0) is 13.6. The Morgan fingerprint density at radius 3 is 2.35 bits per heavy atom. The van der Waals surface area contributed by atoms with Gasteiger partial charge >= 0.3 is 5.97 Å². The number of sulfonamides is 1. The highest BCUT2D eigenvalue weighted by molar-refractivity contribution is 7.92. The summed E-state index contributed by atoms with van der Waals surface area (Å²) >= 11 is 4.52. The summed E-state index contributed by atoms with van der Waals surface area (Å²) in [4.78, 5) is 11.3. The van der Waals surface area contributed by atoms with Crippen molar-refractivity contribution in [3.63, 3.8) is 0 Å². The van der Waals surface area contributed by atoms with E-state index in [1.807, 2.05) is 13.8 Å². The summed E-state index contributed by atoms with van der Waals surface area (Å²) in [7, 11) is -2.49. The number of carbonyl (C=O) groups excluding carboxylic acids is 1. The van der Waals surface area contributed by atoms with E-state index in [9.17, 15) is 13.2 Å². The van der Waals surface area contributed by atoms with Gasteiger partial charge in [-0.3, -0.25) is 4.79 Å². The Morgan fingerprint density at radius 2 is 2.00 bits per heavy atom. The minimum Gasteiger partial charge on any atom is -0.468 e. The number of rotatable bonds is 7. The fraction of sp³-hybridized carbons (Fsp3) is 0.778. The monoisotopic (exact) mass is 282 g/mol. The van der Waals surface area contributed by atoms with E-state index in [-0.39, 0.29) is 10.9 Å². The molecule has 0 saturated heterocycles. The average molecular weight is 282 g/mol. The summed E-state index contributed by atoms with van der Waals surface area (Å²) in [6.45, 7) is 3.75. The molecular formula is C9H18N2O4S2. The van der Waals surface area contributed by atoms with Crippen molar-refractivity contribution in [2.24, 2.45) is 11.7 Å². The van der Waals surface area contributed by atoms with E-state index in [1.54, 1.807) is 0 Å². The summed E-state index contributed by atoms with van der Waals surface area (Å²) in [5.74, 6) is -0.953. The highest BCUT2D eigenvalue weighted by Gasteiger charge is 2.26. The van der Waals surface area contributed by atoms with E-state index < -0.39 is 27.8 Å². The smallest absolute Gasteiger partial charge is 0.323 e. The SMILES string of the molecule is COC(=O)C(CC(C)C)NS(=O)(=O)CC(N)=S. The van der Waals surface area contributed by atoms with Gasteiger partial charge in [-0.05, 0) is 12.3 Å². The van der Waals surface area contributed by atoms with Crippen molar-refractivity contribution in [2.45, 2.75) is 26.3 Å². The van der Waals surface area contributed by atoms with Crippen LogP contribution in [0.5, 0.6) is 0 Å². The van der Waals surface area contributed by atoms with Gasteiger partial charge in [0, 0.05) is 0 Å².